The van der Waals surface area contributed by atoms with Crippen molar-refractivity contribution in [1.29, 1.82) is 5.26 Å². The topological polar surface area (TPSA) is 33.0 Å². The molecule has 2 aromatic carbocycles. The molecule has 0 saturated carbocycles. The summed E-state index contributed by atoms with van der Waals surface area (Å²) in [6.45, 7) is 0. The molecule has 96 valence electrons. The number of hydrogen-bond donors (Lipinski definition) is 0. The van der Waals surface area contributed by atoms with E-state index in [1.54, 1.807) is 7.11 Å². The van der Waals surface area contributed by atoms with Gasteiger partial charge < -0.3 is 4.74 Å². The van der Waals surface area contributed by atoms with Crippen molar-refractivity contribution >= 4 is 0 Å². The lowest BCUT2D eigenvalue weighted by Crippen LogP contribution is -2.30. The van der Waals surface area contributed by atoms with Crippen molar-refractivity contribution in [3.63, 3.8) is 0 Å². The van der Waals surface area contributed by atoms with Gasteiger partial charge in [0.2, 0.25) is 0 Å². The van der Waals surface area contributed by atoms with Crippen molar-refractivity contribution in [2.45, 2.75) is 18.4 Å². The number of benzene rings is 2. The van der Waals surface area contributed by atoms with Crippen LogP contribution in [-0.4, -0.2) is 7.11 Å². The molecule has 2 aromatic rings. The van der Waals surface area contributed by atoms with Gasteiger partial charge in [0.05, 0.1) is 6.07 Å². The van der Waals surface area contributed by atoms with E-state index < -0.39 is 5.60 Å². The fourth-order valence-electron chi connectivity index (χ4n) is 2.44. The van der Waals surface area contributed by atoms with Gasteiger partial charge in [-0.15, -0.1) is 0 Å². The van der Waals surface area contributed by atoms with Crippen LogP contribution in [0, 0.1) is 11.3 Å². The lowest BCUT2D eigenvalue weighted by atomic mass is 9.82. The molecule has 2 nitrogen and oxygen atoms in total. The number of nitrogens with zero attached hydrogens (tertiary/aromatic N) is 1. The number of hydrogen-bond acceptors (Lipinski definition) is 2. The molecule has 0 aliphatic rings. The summed E-state index contributed by atoms with van der Waals surface area (Å²) in [7, 11) is 1.71. The Hall–Kier alpha value is -2.11. The van der Waals surface area contributed by atoms with Crippen LogP contribution in [0.3, 0.4) is 0 Å². The second-order valence-corrected chi connectivity index (χ2v) is 4.42. The molecule has 2 heteroatoms. The Morgan fingerprint density at radius 3 is 1.79 bits per heavy atom. The molecule has 0 bridgehead atoms. The van der Waals surface area contributed by atoms with Gasteiger partial charge in [-0.05, 0) is 17.5 Å². The number of methoxy groups -OCH3 is 1. The van der Waals surface area contributed by atoms with E-state index in [0.717, 1.165) is 11.1 Å². The highest BCUT2D eigenvalue weighted by Gasteiger charge is 2.33. The van der Waals surface area contributed by atoms with E-state index in [-0.39, 0.29) is 0 Å². The van der Waals surface area contributed by atoms with Crippen LogP contribution in [0.15, 0.2) is 60.7 Å². The SMILES string of the molecule is COC(CCC#N)(c1ccccc1)c1ccccc1. The van der Waals surface area contributed by atoms with E-state index in [9.17, 15) is 0 Å². The third-order valence-electron chi connectivity index (χ3n) is 3.42. The summed E-state index contributed by atoms with van der Waals surface area (Å²) in [4.78, 5) is 0. The maximum atomic E-state index is 8.91. The van der Waals surface area contributed by atoms with Crippen molar-refractivity contribution in [3.05, 3.63) is 71.8 Å². The Bertz CT molecular complexity index is 503. The molecule has 0 radical (unpaired) electrons. The number of rotatable bonds is 5. The van der Waals surface area contributed by atoms with Gasteiger partial charge in [0.25, 0.3) is 0 Å². The summed E-state index contributed by atoms with van der Waals surface area (Å²) in [6.07, 6.45) is 1.10. The van der Waals surface area contributed by atoms with Gasteiger partial charge in [-0.2, -0.15) is 5.26 Å². The predicted molar refractivity (Wildman–Crippen MR) is 75.5 cm³/mol. The van der Waals surface area contributed by atoms with Crippen LogP contribution in [0.2, 0.25) is 0 Å². The molecule has 0 N–H and O–H groups in total. The molecular weight excluding hydrogens is 234 g/mol. The normalized spacial score (nSPS) is 10.9. The summed E-state index contributed by atoms with van der Waals surface area (Å²) < 4.78 is 5.86. The highest BCUT2D eigenvalue weighted by Crippen LogP contribution is 2.37. The second-order valence-electron chi connectivity index (χ2n) is 4.42. The minimum Gasteiger partial charge on any atom is -0.369 e. The van der Waals surface area contributed by atoms with Crippen LogP contribution in [0.4, 0.5) is 0 Å². The van der Waals surface area contributed by atoms with E-state index in [1.807, 2.05) is 60.7 Å². The monoisotopic (exact) mass is 251 g/mol. The molecule has 0 aromatic heterocycles. The van der Waals surface area contributed by atoms with Crippen molar-refractivity contribution in [1.82, 2.24) is 0 Å². The maximum Gasteiger partial charge on any atom is 0.119 e. The molecule has 0 aliphatic heterocycles. The van der Waals surface area contributed by atoms with Gasteiger partial charge in [-0.1, -0.05) is 60.7 Å². The van der Waals surface area contributed by atoms with Gasteiger partial charge >= 0.3 is 0 Å². The molecule has 2 rings (SSSR count). The highest BCUT2D eigenvalue weighted by molar-refractivity contribution is 5.36. The molecule has 0 aliphatic carbocycles. The average Bonchev–Trinajstić information content (AvgIpc) is 2.51. The number of ether oxygens (including phenoxy) is 1. The van der Waals surface area contributed by atoms with Gasteiger partial charge in [-0.3, -0.25) is 0 Å². The second kappa shape index (κ2) is 6.17. The Kier molecular flexibility index (Phi) is 4.33. The van der Waals surface area contributed by atoms with E-state index >= 15 is 0 Å². The third kappa shape index (κ3) is 2.67. The quantitative estimate of drug-likeness (QED) is 0.808. The van der Waals surface area contributed by atoms with E-state index in [0.29, 0.717) is 12.8 Å². The predicted octanol–water partition coefficient (Wildman–Crippen LogP) is 3.88. The maximum absolute atomic E-state index is 8.91. The third-order valence-corrected chi connectivity index (χ3v) is 3.42. The van der Waals surface area contributed by atoms with E-state index in [4.69, 9.17) is 10.00 Å². The molecule has 19 heavy (non-hydrogen) atoms. The van der Waals surface area contributed by atoms with Crippen LogP contribution >= 0.6 is 0 Å². The Morgan fingerprint density at radius 1 is 0.947 bits per heavy atom. The highest BCUT2D eigenvalue weighted by atomic mass is 16.5. The van der Waals surface area contributed by atoms with Crippen molar-refractivity contribution < 1.29 is 4.74 Å². The van der Waals surface area contributed by atoms with E-state index in [1.165, 1.54) is 0 Å². The van der Waals surface area contributed by atoms with Crippen LogP contribution in [0.1, 0.15) is 24.0 Å². The Balaban J connectivity index is 2.52. The molecule has 0 fully saturated rings. The molecule has 0 spiro atoms. The van der Waals surface area contributed by atoms with E-state index in [2.05, 4.69) is 6.07 Å². The fraction of sp³-hybridized carbons (Fsp3) is 0.235. The zero-order chi connectivity index (χ0) is 13.6. The van der Waals surface area contributed by atoms with Crippen molar-refractivity contribution in [2.75, 3.05) is 7.11 Å². The molecule has 0 unspecified atom stereocenters. The smallest absolute Gasteiger partial charge is 0.119 e. The molecule has 0 saturated heterocycles. The van der Waals surface area contributed by atoms with Gasteiger partial charge in [-0.25, -0.2) is 0 Å². The first-order chi connectivity index (χ1) is 9.33. The van der Waals surface area contributed by atoms with Crippen molar-refractivity contribution in [3.8, 4) is 6.07 Å². The summed E-state index contributed by atoms with van der Waals surface area (Å²) in [5.41, 5.74) is 1.62. The van der Waals surface area contributed by atoms with Gasteiger partial charge in [0.15, 0.2) is 0 Å². The molecular formula is C17H17NO. The van der Waals surface area contributed by atoms with Crippen LogP contribution in [0.25, 0.3) is 0 Å². The summed E-state index contributed by atoms with van der Waals surface area (Å²) in [6, 6.07) is 22.4. The summed E-state index contributed by atoms with van der Waals surface area (Å²) in [5, 5.41) is 8.91. The Labute approximate surface area is 114 Å². The Morgan fingerprint density at radius 2 is 1.42 bits per heavy atom. The first-order valence-electron chi connectivity index (χ1n) is 6.36. The molecule has 0 heterocycles. The van der Waals surface area contributed by atoms with Gasteiger partial charge in [0, 0.05) is 13.5 Å². The lowest BCUT2D eigenvalue weighted by molar-refractivity contribution is 0.0156. The first-order valence-corrected chi connectivity index (χ1v) is 6.36. The lowest BCUT2D eigenvalue weighted by Gasteiger charge is -2.33. The number of nitriles is 1. The largest absolute Gasteiger partial charge is 0.369 e. The van der Waals surface area contributed by atoms with Crippen LogP contribution in [0.5, 0.6) is 0 Å². The average molecular weight is 251 g/mol. The van der Waals surface area contributed by atoms with Crippen LogP contribution < -0.4 is 0 Å². The summed E-state index contributed by atoms with van der Waals surface area (Å²) in [5.74, 6) is 0. The standard InChI is InChI=1S/C17H17NO/c1-19-17(13-8-14-18,15-9-4-2-5-10-15)16-11-6-3-7-12-16/h2-7,9-12H,8,13H2,1H3. The first kappa shape index (κ1) is 13.3. The van der Waals surface area contributed by atoms with Crippen LogP contribution in [-0.2, 0) is 10.3 Å². The molecule has 0 atom stereocenters. The minimum atomic E-state index is -0.543. The zero-order valence-electron chi connectivity index (χ0n) is 11.0. The molecule has 0 amide bonds. The fourth-order valence-corrected chi connectivity index (χ4v) is 2.44. The summed E-state index contributed by atoms with van der Waals surface area (Å²) >= 11 is 0. The minimum absolute atomic E-state index is 0.456. The van der Waals surface area contributed by atoms with Crippen molar-refractivity contribution in [2.24, 2.45) is 0 Å². The van der Waals surface area contributed by atoms with Gasteiger partial charge in [0.1, 0.15) is 5.60 Å². The zero-order valence-corrected chi connectivity index (χ0v) is 11.0.